The van der Waals surface area contributed by atoms with E-state index in [1.165, 1.54) is 12.5 Å². The molecule has 0 bridgehead atoms. The molecule has 1 fully saturated rings. The summed E-state index contributed by atoms with van der Waals surface area (Å²) in [6.45, 7) is 2.85. The first-order valence-electron chi connectivity index (χ1n) is 6.04. The Morgan fingerprint density at radius 3 is 2.67 bits per heavy atom. The monoisotopic (exact) mass is 251 g/mol. The van der Waals surface area contributed by atoms with Crippen molar-refractivity contribution in [3.8, 4) is 0 Å². The second-order valence-electron chi connectivity index (χ2n) is 5.30. The van der Waals surface area contributed by atoms with Crippen LogP contribution in [-0.4, -0.2) is 12.5 Å². The molecule has 1 amide bonds. The van der Waals surface area contributed by atoms with Crippen LogP contribution in [0.4, 0.5) is 15.8 Å². The van der Waals surface area contributed by atoms with Gasteiger partial charge in [0.15, 0.2) is 0 Å². The normalized spacial score (nSPS) is 17.0. The van der Waals surface area contributed by atoms with Gasteiger partial charge in [-0.15, -0.1) is 0 Å². The number of nitrogens with one attached hydrogen (secondary N) is 1. The van der Waals surface area contributed by atoms with Crippen molar-refractivity contribution in [1.82, 2.24) is 0 Å². The number of rotatable bonds is 4. The Hall–Kier alpha value is -1.78. The molecule has 98 valence electrons. The summed E-state index contributed by atoms with van der Waals surface area (Å²) >= 11 is 0. The number of halogens is 1. The molecule has 1 aliphatic rings. The van der Waals surface area contributed by atoms with Crippen LogP contribution in [0.5, 0.6) is 0 Å². The number of hydrogen-bond acceptors (Lipinski definition) is 3. The third-order valence-electron chi connectivity index (χ3n) is 3.67. The fourth-order valence-electron chi connectivity index (χ4n) is 2.20. The lowest BCUT2D eigenvalue weighted by atomic mass is 9.70. The molecule has 2 rings (SSSR count). The van der Waals surface area contributed by atoms with Gasteiger partial charge in [0, 0.05) is 12.2 Å². The summed E-state index contributed by atoms with van der Waals surface area (Å²) in [5.41, 5.74) is 11.5. The number of carbonyl (C=O) groups excluding carboxylic acids is 1. The van der Waals surface area contributed by atoms with E-state index in [-0.39, 0.29) is 22.4 Å². The van der Waals surface area contributed by atoms with Gasteiger partial charge in [-0.05, 0) is 30.4 Å². The van der Waals surface area contributed by atoms with Gasteiger partial charge in [0.1, 0.15) is 5.82 Å². The molecule has 0 saturated heterocycles. The zero-order valence-electron chi connectivity index (χ0n) is 10.4. The highest BCUT2D eigenvalue weighted by molar-refractivity contribution is 5.99. The van der Waals surface area contributed by atoms with Gasteiger partial charge in [0.05, 0.1) is 11.3 Å². The van der Waals surface area contributed by atoms with E-state index in [9.17, 15) is 9.18 Å². The van der Waals surface area contributed by atoms with Gasteiger partial charge in [-0.1, -0.05) is 13.3 Å². The molecule has 18 heavy (non-hydrogen) atoms. The number of hydrogen-bond donors (Lipinski definition) is 3. The van der Waals surface area contributed by atoms with Crippen LogP contribution in [0.2, 0.25) is 0 Å². The average Bonchev–Trinajstić information content (AvgIpc) is 2.25. The molecule has 0 aromatic heterocycles. The first-order chi connectivity index (χ1) is 8.41. The van der Waals surface area contributed by atoms with E-state index in [2.05, 4.69) is 12.2 Å². The minimum Gasteiger partial charge on any atom is -0.398 e. The number of anilines is 2. The molecule has 0 radical (unpaired) electrons. The number of carbonyl (C=O) groups is 1. The van der Waals surface area contributed by atoms with Gasteiger partial charge in [-0.3, -0.25) is 4.79 Å². The van der Waals surface area contributed by atoms with E-state index in [4.69, 9.17) is 11.5 Å². The van der Waals surface area contributed by atoms with Gasteiger partial charge in [-0.25, -0.2) is 4.39 Å². The molecule has 1 aromatic carbocycles. The molecular formula is C13H18FN3O. The fourth-order valence-corrected chi connectivity index (χ4v) is 2.20. The summed E-state index contributed by atoms with van der Waals surface area (Å²) < 4.78 is 13.7. The lowest BCUT2D eigenvalue weighted by Gasteiger charge is -2.38. The number of nitrogens with two attached hydrogens (primary N) is 2. The van der Waals surface area contributed by atoms with Crippen molar-refractivity contribution < 1.29 is 9.18 Å². The second-order valence-corrected chi connectivity index (χ2v) is 5.30. The Morgan fingerprint density at radius 1 is 1.50 bits per heavy atom. The molecule has 0 spiro atoms. The Balaban J connectivity index is 2.16. The van der Waals surface area contributed by atoms with E-state index >= 15 is 0 Å². The van der Waals surface area contributed by atoms with Crippen molar-refractivity contribution >= 4 is 17.3 Å². The Labute approximate surface area is 106 Å². The standard InChI is InChI=1S/C13H18FN3O/c1-13(3-2-4-13)7-17-11-5-8(12(16)18)10(15)6-9(11)14/h5-6,17H,2-4,7,15H2,1H3,(H2,16,18). The van der Waals surface area contributed by atoms with Crippen LogP contribution < -0.4 is 16.8 Å². The molecule has 0 heterocycles. The van der Waals surface area contributed by atoms with E-state index in [0.717, 1.165) is 18.9 Å². The third kappa shape index (κ3) is 2.39. The summed E-state index contributed by atoms with van der Waals surface area (Å²) in [7, 11) is 0. The van der Waals surface area contributed by atoms with Crippen LogP contribution in [-0.2, 0) is 0 Å². The smallest absolute Gasteiger partial charge is 0.250 e. The Kier molecular flexibility index (Phi) is 3.15. The van der Waals surface area contributed by atoms with Crippen molar-refractivity contribution in [1.29, 1.82) is 0 Å². The van der Waals surface area contributed by atoms with Crippen LogP contribution in [0.3, 0.4) is 0 Å². The number of benzene rings is 1. The molecule has 0 aliphatic heterocycles. The summed E-state index contributed by atoms with van der Waals surface area (Å²) in [6, 6.07) is 2.51. The van der Waals surface area contributed by atoms with Crippen molar-refractivity contribution in [3.05, 3.63) is 23.5 Å². The van der Waals surface area contributed by atoms with E-state index in [1.54, 1.807) is 0 Å². The number of primary amides is 1. The van der Waals surface area contributed by atoms with Gasteiger partial charge >= 0.3 is 0 Å². The van der Waals surface area contributed by atoms with Gasteiger partial charge in [0.25, 0.3) is 5.91 Å². The zero-order chi connectivity index (χ0) is 13.3. The minimum absolute atomic E-state index is 0.0698. The molecular weight excluding hydrogens is 233 g/mol. The topological polar surface area (TPSA) is 81.1 Å². The highest BCUT2D eigenvalue weighted by Gasteiger charge is 2.31. The first-order valence-corrected chi connectivity index (χ1v) is 6.04. The van der Waals surface area contributed by atoms with E-state index in [0.29, 0.717) is 6.54 Å². The van der Waals surface area contributed by atoms with Crippen LogP contribution in [0, 0.1) is 11.2 Å². The Bertz CT molecular complexity index is 483. The highest BCUT2D eigenvalue weighted by Crippen LogP contribution is 2.40. The number of nitrogen functional groups attached to an aromatic ring is 1. The largest absolute Gasteiger partial charge is 0.398 e. The molecule has 4 nitrogen and oxygen atoms in total. The molecule has 5 heteroatoms. The summed E-state index contributed by atoms with van der Waals surface area (Å²) in [5, 5.41) is 3.04. The third-order valence-corrected chi connectivity index (χ3v) is 3.67. The molecule has 1 aromatic rings. The lowest BCUT2D eigenvalue weighted by Crippen LogP contribution is -2.33. The van der Waals surface area contributed by atoms with Gasteiger partial charge in [0.2, 0.25) is 0 Å². The maximum atomic E-state index is 13.7. The first kappa shape index (κ1) is 12.7. The SMILES string of the molecule is CC1(CNc2cc(C(N)=O)c(N)cc2F)CCC1. The van der Waals surface area contributed by atoms with Crippen molar-refractivity contribution in [2.75, 3.05) is 17.6 Å². The van der Waals surface area contributed by atoms with E-state index < -0.39 is 11.7 Å². The number of amides is 1. The van der Waals surface area contributed by atoms with Crippen molar-refractivity contribution in [2.45, 2.75) is 26.2 Å². The maximum Gasteiger partial charge on any atom is 0.250 e. The summed E-state index contributed by atoms with van der Waals surface area (Å²) in [5.74, 6) is -1.11. The molecule has 1 aliphatic carbocycles. The fraction of sp³-hybridized carbons (Fsp3) is 0.462. The van der Waals surface area contributed by atoms with Crippen LogP contribution >= 0.6 is 0 Å². The minimum atomic E-state index is -0.648. The molecule has 0 unspecified atom stereocenters. The van der Waals surface area contributed by atoms with Crippen molar-refractivity contribution in [3.63, 3.8) is 0 Å². The van der Waals surface area contributed by atoms with Crippen molar-refractivity contribution in [2.24, 2.45) is 11.1 Å². The molecule has 1 saturated carbocycles. The Morgan fingerprint density at radius 2 is 2.17 bits per heavy atom. The molecule has 5 N–H and O–H groups in total. The van der Waals surface area contributed by atoms with Gasteiger partial charge < -0.3 is 16.8 Å². The lowest BCUT2D eigenvalue weighted by molar-refractivity contribution is 0.100. The summed E-state index contributed by atoms with van der Waals surface area (Å²) in [4.78, 5) is 11.1. The predicted molar refractivity (Wildman–Crippen MR) is 69.8 cm³/mol. The second kappa shape index (κ2) is 4.48. The zero-order valence-corrected chi connectivity index (χ0v) is 10.4. The van der Waals surface area contributed by atoms with Crippen LogP contribution in [0.1, 0.15) is 36.5 Å². The highest BCUT2D eigenvalue weighted by atomic mass is 19.1. The quantitative estimate of drug-likeness (QED) is 0.717. The van der Waals surface area contributed by atoms with Crippen LogP contribution in [0.15, 0.2) is 12.1 Å². The molecule has 0 atom stereocenters. The predicted octanol–water partition coefficient (Wildman–Crippen LogP) is 2.11. The van der Waals surface area contributed by atoms with E-state index in [1.807, 2.05) is 0 Å². The summed E-state index contributed by atoms with van der Waals surface area (Å²) in [6.07, 6.45) is 3.49. The maximum absolute atomic E-state index is 13.7. The van der Waals surface area contributed by atoms with Crippen LogP contribution in [0.25, 0.3) is 0 Å². The average molecular weight is 251 g/mol. The van der Waals surface area contributed by atoms with Gasteiger partial charge in [-0.2, -0.15) is 0 Å².